The normalized spacial score (nSPS) is 25.4. The van der Waals surface area contributed by atoms with E-state index in [4.69, 9.17) is 10.3 Å². The van der Waals surface area contributed by atoms with Crippen LogP contribution in [0.4, 0.5) is 0 Å². The van der Waals surface area contributed by atoms with Crippen LogP contribution in [0.1, 0.15) is 54.5 Å². The number of rotatable bonds is 3. The van der Waals surface area contributed by atoms with Crippen molar-refractivity contribution in [2.75, 3.05) is 6.54 Å². The van der Waals surface area contributed by atoms with Crippen LogP contribution in [0.5, 0.6) is 0 Å². The fourth-order valence-electron chi connectivity index (χ4n) is 2.55. The third-order valence-electron chi connectivity index (χ3n) is 3.44. The first-order chi connectivity index (χ1) is 6.90. The molecule has 1 saturated carbocycles. The van der Waals surface area contributed by atoms with Crippen molar-refractivity contribution in [1.29, 1.82) is 0 Å². The van der Waals surface area contributed by atoms with Crippen LogP contribution < -0.4 is 5.73 Å². The van der Waals surface area contributed by atoms with Gasteiger partial charge in [-0.15, -0.1) is 0 Å². The molecule has 2 aliphatic rings. The minimum atomic E-state index is 0.636. The summed E-state index contributed by atoms with van der Waals surface area (Å²) in [5.74, 6) is 2.49. The van der Waals surface area contributed by atoms with Crippen molar-refractivity contribution in [3.8, 4) is 0 Å². The first kappa shape index (κ1) is 8.48. The largest absolute Gasteiger partial charge is 0.361 e. The van der Waals surface area contributed by atoms with E-state index in [0.717, 1.165) is 25.1 Å². The van der Waals surface area contributed by atoms with Gasteiger partial charge in [0.05, 0.1) is 5.69 Å². The van der Waals surface area contributed by atoms with Crippen LogP contribution in [0.15, 0.2) is 4.52 Å². The molecule has 3 nitrogen and oxygen atoms in total. The molecule has 3 rings (SSSR count). The standard InChI is InChI=1S/C11H16N2O/c12-6-5-7-3-4-9-10(7)11(13-14-9)8-1-2-8/h7-8H,1-6,12H2. The summed E-state index contributed by atoms with van der Waals surface area (Å²) in [4.78, 5) is 0. The Balaban J connectivity index is 1.93. The summed E-state index contributed by atoms with van der Waals surface area (Å²) in [6.07, 6.45) is 5.98. The van der Waals surface area contributed by atoms with E-state index >= 15 is 0 Å². The van der Waals surface area contributed by atoms with E-state index in [-0.39, 0.29) is 0 Å². The maximum Gasteiger partial charge on any atom is 0.140 e. The van der Waals surface area contributed by atoms with Crippen molar-refractivity contribution in [2.45, 2.75) is 43.9 Å². The Hall–Kier alpha value is -0.830. The number of hydrogen-bond acceptors (Lipinski definition) is 3. The Kier molecular flexibility index (Phi) is 1.87. The van der Waals surface area contributed by atoms with E-state index in [1.165, 1.54) is 30.5 Å². The lowest BCUT2D eigenvalue weighted by Gasteiger charge is -2.08. The van der Waals surface area contributed by atoms with Crippen LogP contribution in [-0.4, -0.2) is 11.7 Å². The Morgan fingerprint density at radius 1 is 1.36 bits per heavy atom. The van der Waals surface area contributed by atoms with Crippen molar-refractivity contribution in [3.05, 3.63) is 17.0 Å². The average Bonchev–Trinajstić information content (AvgIpc) is 2.81. The van der Waals surface area contributed by atoms with Gasteiger partial charge < -0.3 is 10.3 Å². The minimum Gasteiger partial charge on any atom is -0.361 e. The van der Waals surface area contributed by atoms with E-state index in [0.29, 0.717) is 11.8 Å². The van der Waals surface area contributed by atoms with Gasteiger partial charge in [0.15, 0.2) is 0 Å². The first-order valence-corrected chi connectivity index (χ1v) is 5.58. The summed E-state index contributed by atoms with van der Waals surface area (Å²) in [6.45, 7) is 0.777. The monoisotopic (exact) mass is 192 g/mol. The molecule has 14 heavy (non-hydrogen) atoms. The lowest BCUT2D eigenvalue weighted by Crippen LogP contribution is -2.06. The molecule has 2 N–H and O–H groups in total. The number of hydrogen-bond donors (Lipinski definition) is 1. The summed E-state index contributed by atoms with van der Waals surface area (Å²) in [5, 5.41) is 4.22. The topological polar surface area (TPSA) is 52.0 Å². The number of aromatic nitrogens is 1. The molecule has 1 aromatic heterocycles. The lowest BCUT2D eigenvalue weighted by atomic mass is 9.96. The molecule has 0 bridgehead atoms. The molecule has 0 saturated heterocycles. The molecule has 1 heterocycles. The van der Waals surface area contributed by atoms with E-state index in [1.807, 2.05) is 0 Å². The van der Waals surface area contributed by atoms with Gasteiger partial charge in [-0.1, -0.05) is 5.16 Å². The van der Waals surface area contributed by atoms with Crippen molar-refractivity contribution < 1.29 is 4.52 Å². The van der Waals surface area contributed by atoms with Crippen LogP contribution in [0.3, 0.4) is 0 Å². The lowest BCUT2D eigenvalue weighted by molar-refractivity contribution is 0.378. The molecule has 76 valence electrons. The van der Waals surface area contributed by atoms with Crippen molar-refractivity contribution >= 4 is 0 Å². The summed E-state index contributed by atoms with van der Waals surface area (Å²) in [5.41, 5.74) is 8.31. The molecular formula is C11H16N2O. The molecule has 0 aromatic carbocycles. The van der Waals surface area contributed by atoms with Crippen LogP contribution in [-0.2, 0) is 6.42 Å². The second-order valence-electron chi connectivity index (χ2n) is 4.49. The second-order valence-corrected chi connectivity index (χ2v) is 4.49. The van der Waals surface area contributed by atoms with Crippen LogP contribution >= 0.6 is 0 Å². The Morgan fingerprint density at radius 3 is 2.93 bits per heavy atom. The van der Waals surface area contributed by atoms with Gasteiger partial charge >= 0.3 is 0 Å². The van der Waals surface area contributed by atoms with Gasteiger partial charge in [0.2, 0.25) is 0 Å². The highest BCUT2D eigenvalue weighted by atomic mass is 16.5. The smallest absolute Gasteiger partial charge is 0.140 e. The fourth-order valence-corrected chi connectivity index (χ4v) is 2.55. The van der Waals surface area contributed by atoms with E-state index in [9.17, 15) is 0 Å². The van der Waals surface area contributed by atoms with Gasteiger partial charge in [0.1, 0.15) is 5.76 Å². The molecule has 0 amide bonds. The zero-order valence-electron chi connectivity index (χ0n) is 8.33. The highest BCUT2D eigenvalue weighted by Crippen LogP contribution is 2.47. The van der Waals surface area contributed by atoms with Crippen molar-refractivity contribution in [3.63, 3.8) is 0 Å². The summed E-state index contributed by atoms with van der Waals surface area (Å²) < 4.78 is 5.39. The molecular weight excluding hydrogens is 176 g/mol. The zero-order valence-corrected chi connectivity index (χ0v) is 8.33. The molecule has 1 unspecified atom stereocenters. The Morgan fingerprint density at radius 2 is 2.21 bits per heavy atom. The number of aryl methyl sites for hydroxylation is 1. The maximum absolute atomic E-state index is 5.63. The van der Waals surface area contributed by atoms with Crippen LogP contribution in [0.25, 0.3) is 0 Å². The molecule has 2 aliphatic carbocycles. The van der Waals surface area contributed by atoms with Gasteiger partial charge in [-0.05, 0) is 38.1 Å². The van der Waals surface area contributed by atoms with Crippen LogP contribution in [0, 0.1) is 0 Å². The van der Waals surface area contributed by atoms with E-state index in [2.05, 4.69) is 5.16 Å². The van der Waals surface area contributed by atoms with Gasteiger partial charge in [-0.25, -0.2) is 0 Å². The first-order valence-electron chi connectivity index (χ1n) is 5.58. The highest BCUT2D eigenvalue weighted by Gasteiger charge is 2.36. The van der Waals surface area contributed by atoms with Gasteiger partial charge in [0.25, 0.3) is 0 Å². The van der Waals surface area contributed by atoms with Gasteiger partial charge in [-0.3, -0.25) is 0 Å². The molecule has 1 aromatic rings. The SMILES string of the molecule is NCCC1CCc2onc(C3CC3)c21. The predicted octanol–water partition coefficient (Wildman–Crippen LogP) is 1.93. The van der Waals surface area contributed by atoms with Gasteiger partial charge in [0, 0.05) is 17.9 Å². The molecule has 3 heteroatoms. The zero-order chi connectivity index (χ0) is 9.54. The molecule has 0 aliphatic heterocycles. The van der Waals surface area contributed by atoms with E-state index in [1.54, 1.807) is 0 Å². The summed E-state index contributed by atoms with van der Waals surface area (Å²) in [7, 11) is 0. The summed E-state index contributed by atoms with van der Waals surface area (Å²) in [6, 6.07) is 0. The second kappa shape index (κ2) is 3.09. The average molecular weight is 192 g/mol. The van der Waals surface area contributed by atoms with Gasteiger partial charge in [-0.2, -0.15) is 0 Å². The fraction of sp³-hybridized carbons (Fsp3) is 0.727. The highest BCUT2D eigenvalue weighted by molar-refractivity contribution is 5.35. The Bertz CT molecular complexity index is 341. The summed E-state index contributed by atoms with van der Waals surface area (Å²) >= 11 is 0. The maximum atomic E-state index is 5.63. The van der Waals surface area contributed by atoms with Crippen LogP contribution in [0.2, 0.25) is 0 Å². The molecule has 0 radical (unpaired) electrons. The number of nitrogens with zero attached hydrogens (tertiary/aromatic N) is 1. The van der Waals surface area contributed by atoms with Crippen molar-refractivity contribution in [1.82, 2.24) is 5.16 Å². The Labute approximate surface area is 83.6 Å². The molecule has 0 spiro atoms. The number of fused-ring (bicyclic) bond motifs is 1. The molecule has 1 fully saturated rings. The third kappa shape index (κ3) is 1.19. The third-order valence-corrected chi connectivity index (χ3v) is 3.44. The minimum absolute atomic E-state index is 0.636. The quantitative estimate of drug-likeness (QED) is 0.796. The predicted molar refractivity (Wildman–Crippen MR) is 53.2 cm³/mol. The molecule has 1 atom stereocenters. The van der Waals surface area contributed by atoms with Crippen molar-refractivity contribution in [2.24, 2.45) is 5.73 Å². The van der Waals surface area contributed by atoms with E-state index < -0.39 is 0 Å². The number of nitrogens with two attached hydrogens (primary N) is 1.